The maximum absolute atomic E-state index is 5.68. The summed E-state index contributed by atoms with van der Waals surface area (Å²) in [6, 6.07) is 8.35. The molecule has 57 valence electrons. The highest BCUT2D eigenvalue weighted by atomic mass is 35.5. The molecule has 1 fully saturated rings. The molecule has 0 heterocycles. The zero-order chi connectivity index (χ0) is 7.68. The average molecular weight is 166 g/mol. The van der Waals surface area contributed by atoms with Crippen LogP contribution in [0.25, 0.3) is 0 Å². The average Bonchev–Trinajstić information content (AvgIpc) is 2.87. The Labute approximate surface area is 72.2 Å². The van der Waals surface area contributed by atoms with Crippen LogP contribution in [0.4, 0.5) is 0 Å². The lowest BCUT2D eigenvalue weighted by molar-refractivity contribution is 1.11. The van der Waals surface area contributed by atoms with Gasteiger partial charge >= 0.3 is 0 Å². The highest BCUT2D eigenvalue weighted by Crippen LogP contribution is 2.41. The summed E-state index contributed by atoms with van der Waals surface area (Å²) in [6.45, 7) is 0. The third-order valence-electron chi connectivity index (χ3n) is 2.13. The molecule has 0 amide bonds. The van der Waals surface area contributed by atoms with Crippen LogP contribution in [0.5, 0.6) is 0 Å². The van der Waals surface area contributed by atoms with Crippen molar-refractivity contribution >= 4 is 11.6 Å². The fraction of sp³-hybridized carbons (Fsp3) is 0.300. The molecule has 1 aliphatic carbocycles. The molecule has 11 heavy (non-hydrogen) atoms. The van der Waals surface area contributed by atoms with Gasteiger partial charge in [-0.15, -0.1) is 11.6 Å². The predicted molar refractivity (Wildman–Crippen MR) is 47.7 cm³/mol. The van der Waals surface area contributed by atoms with Gasteiger partial charge < -0.3 is 0 Å². The van der Waals surface area contributed by atoms with E-state index < -0.39 is 0 Å². The molecule has 0 bridgehead atoms. The van der Waals surface area contributed by atoms with E-state index >= 15 is 0 Å². The van der Waals surface area contributed by atoms with Gasteiger partial charge in [0.2, 0.25) is 0 Å². The largest absolute Gasteiger partial charge is 0.116 e. The molecule has 1 saturated carbocycles. The molecule has 0 aliphatic heterocycles. The van der Waals surface area contributed by atoms with E-state index in [9.17, 15) is 0 Å². The summed E-state index contributed by atoms with van der Waals surface area (Å²) in [5.41, 5.74) is 2.61. The second-order valence-electron chi connectivity index (χ2n) is 3.01. The van der Waals surface area contributed by atoms with Crippen molar-refractivity contribution in [3.63, 3.8) is 0 Å². The molecule has 0 saturated heterocycles. The molecule has 1 heteroatoms. The minimum absolute atomic E-state index is 0.793. The summed E-state index contributed by atoms with van der Waals surface area (Å²) in [6.07, 6.45) is 2.67. The minimum Gasteiger partial charge on any atom is -0.116 e. The smallest absolute Gasteiger partial charge is 0.0793 e. The number of hydrogen-bond donors (Lipinski definition) is 0. The van der Waals surface area contributed by atoms with Gasteiger partial charge in [-0.2, -0.15) is 0 Å². The first kappa shape index (κ1) is 7.17. The van der Waals surface area contributed by atoms with E-state index in [0.717, 1.165) is 5.92 Å². The van der Waals surface area contributed by atoms with Gasteiger partial charge in [-0.05, 0) is 29.9 Å². The molecule has 0 unspecified atom stereocenters. The third kappa shape index (κ3) is 1.41. The Balaban J connectivity index is 2.34. The Hall–Kier alpha value is -0.490. The predicted octanol–water partition coefficient (Wildman–Crippen LogP) is 3.31. The van der Waals surface area contributed by atoms with E-state index in [4.69, 9.17) is 11.6 Å². The first-order valence-electron chi connectivity index (χ1n) is 3.94. The minimum atomic E-state index is 0.793. The Morgan fingerprint density at radius 2 is 2.00 bits per heavy atom. The lowest BCUT2D eigenvalue weighted by Crippen LogP contribution is -1.85. The number of rotatable bonds is 2. The summed E-state index contributed by atoms with van der Waals surface area (Å²) in [5, 5.41) is 0. The van der Waals surface area contributed by atoms with Crippen LogP contribution < -0.4 is 0 Å². The maximum atomic E-state index is 5.68. The van der Waals surface area contributed by atoms with E-state index in [1.54, 1.807) is 5.88 Å². The van der Waals surface area contributed by atoms with Gasteiger partial charge in [0.25, 0.3) is 0 Å². The van der Waals surface area contributed by atoms with Gasteiger partial charge in [-0.3, -0.25) is 0 Å². The molecule has 1 aromatic rings. The molecule has 0 aromatic heterocycles. The summed E-state index contributed by atoms with van der Waals surface area (Å²) < 4.78 is 0. The van der Waals surface area contributed by atoms with Crippen molar-refractivity contribution in [1.29, 1.82) is 0 Å². The van der Waals surface area contributed by atoms with Crippen LogP contribution in [-0.2, 0) is 0 Å². The second-order valence-corrected chi connectivity index (χ2v) is 3.23. The van der Waals surface area contributed by atoms with Gasteiger partial charge in [0, 0.05) is 0 Å². The molecular formula is C10H10Cl. The monoisotopic (exact) mass is 165 g/mol. The second kappa shape index (κ2) is 2.86. The van der Waals surface area contributed by atoms with Crippen molar-refractivity contribution in [2.24, 2.45) is 0 Å². The first-order valence-corrected chi connectivity index (χ1v) is 4.38. The van der Waals surface area contributed by atoms with Crippen LogP contribution in [0.1, 0.15) is 29.9 Å². The number of halogens is 1. The van der Waals surface area contributed by atoms with Crippen LogP contribution in [0.2, 0.25) is 0 Å². The Morgan fingerprint density at radius 3 is 2.64 bits per heavy atom. The maximum Gasteiger partial charge on any atom is 0.0793 e. The highest BCUT2D eigenvalue weighted by molar-refractivity contribution is 6.25. The molecule has 0 atom stereocenters. The van der Waals surface area contributed by atoms with Gasteiger partial charge in [0.05, 0.1) is 5.88 Å². The lowest BCUT2D eigenvalue weighted by Gasteiger charge is -2.02. The summed E-state index contributed by atoms with van der Waals surface area (Å²) in [4.78, 5) is 0. The first-order chi connectivity index (χ1) is 5.42. The molecule has 1 aliphatic rings. The molecule has 0 N–H and O–H groups in total. The van der Waals surface area contributed by atoms with Crippen molar-refractivity contribution in [1.82, 2.24) is 0 Å². The van der Waals surface area contributed by atoms with Crippen LogP contribution in [-0.4, -0.2) is 0 Å². The summed E-state index contributed by atoms with van der Waals surface area (Å²) >= 11 is 5.68. The van der Waals surface area contributed by atoms with Crippen molar-refractivity contribution in [3.05, 3.63) is 41.3 Å². The van der Waals surface area contributed by atoms with Crippen LogP contribution in [0.3, 0.4) is 0 Å². The highest BCUT2D eigenvalue weighted by Gasteiger charge is 2.25. The van der Waals surface area contributed by atoms with Gasteiger partial charge in [-0.25, -0.2) is 0 Å². The van der Waals surface area contributed by atoms with E-state index in [2.05, 4.69) is 18.2 Å². The van der Waals surface area contributed by atoms with E-state index in [-0.39, 0.29) is 0 Å². The molecular weight excluding hydrogens is 156 g/mol. The molecule has 1 aromatic carbocycles. The molecule has 0 nitrogen and oxygen atoms in total. The topological polar surface area (TPSA) is 0 Å². The van der Waals surface area contributed by atoms with Crippen molar-refractivity contribution in [3.8, 4) is 0 Å². The Bertz CT molecular complexity index is 251. The van der Waals surface area contributed by atoms with Crippen LogP contribution in [0.15, 0.2) is 24.3 Å². The zero-order valence-corrected chi connectivity index (χ0v) is 7.01. The number of benzene rings is 1. The fourth-order valence-electron chi connectivity index (χ4n) is 1.38. The normalized spacial score (nSPS) is 16.8. The van der Waals surface area contributed by atoms with Crippen molar-refractivity contribution in [2.75, 3.05) is 0 Å². The Morgan fingerprint density at radius 1 is 1.27 bits per heavy atom. The fourth-order valence-corrected chi connectivity index (χ4v) is 1.58. The summed E-state index contributed by atoms with van der Waals surface area (Å²) in [7, 11) is 0. The van der Waals surface area contributed by atoms with Crippen LogP contribution >= 0.6 is 11.6 Å². The van der Waals surface area contributed by atoms with E-state index in [0.29, 0.717) is 0 Å². The van der Waals surface area contributed by atoms with E-state index in [1.165, 1.54) is 24.0 Å². The SMILES string of the molecule is Cl[CH]c1ccccc1C1CC1. The van der Waals surface area contributed by atoms with Crippen molar-refractivity contribution < 1.29 is 0 Å². The Kier molecular flexibility index (Phi) is 1.87. The van der Waals surface area contributed by atoms with Gasteiger partial charge in [0.1, 0.15) is 0 Å². The quantitative estimate of drug-likeness (QED) is 0.631. The molecule has 2 rings (SSSR count). The molecule has 0 spiro atoms. The van der Waals surface area contributed by atoms with Crippen molar-refractivity contribution in [2.45, 2.75) is 18.8 Å². The zero-order valence-electron chi connectivity index (χ0n) is 6.26. The van der Waals surface area contributed by atoms with Gasteiger partial charge in [0.15, 0.2) is 0 Å². The van der Waals surface area contributed by atoms with E-state index in [1.807, 2.05) is 6.07 Å². The number of hydrogen-bond acceptors (Lipinski definition) is 0. The van der Waals surface area contributed by atoms with Crippen LogP contribution in [0, 0.1) is 5.88 Å². The molecule has 1 radical (unpaired) electrons. The standard InChI is InChI=1S/C10H10Cl/c11-7-9-3-1-2-4-10(9)8-5-6-8/h1-4,7-8H,5-6H2. The third-order valence-corrected chi connectivity index (χ3v) is 2.37. The van der Waals surface area contributed by atoms with Gasteiger partial charge in [-0.1, -0.05) is 24.3 Å². The lowest BCUT2D eigenvalue weighted by atomic mass is 10.1. The summed E-state index contributed by atoms with van der Waals surface area (Å²) in [5.74, 6) is 2.47.